The quantitative estimate of drug-likeness (QED) is 0.187. The van der Waals surface area contributed by atoms with Gasteiger partial charge in [0, 0.05) is 61.4 Å². The van der Waals surface area contributed by atoms with E-state index in [1.54, 1.807) is 0 Å². The van der Waals surface area contributed by atoms with Gasteiger partial charge in [-0.15, -0.1) is 0 Å². The van der Waals surface area contributed by atoms with E-state index in [0.717, 1.165) is 77.5 Å². The van der Waals surface area contributed by atoms with Gasteiger partial charge in [-0.2, -0.15) is 0 Å². The van der Waals surface area contributed by atoms with Crippen LogP contribution in [0.4, 0.5) is 17.1 Å². The number of hydrogen-bond donors (Lipinski definition) is 0. The molecule has 1 aliphatic rings. The molecule has 0 amide bonds. The number of rotatable bonds is 4. The highest BCUT2D eigenvalue weighted by atomic mass is 16.3. The number of anilines is 3. The number of furan rings is 2. The fourth-order valence-corrected chi connectivity index (χ4v) is 8.69. The second kappa shape index (κ2) is 10.7. The molecule has 0 N–H and O–H groups in total. The van der Waals surface area contributed by atoms with E-state index in [-0.39, 0.29) is 5.41 Å². The van der Waals surface area contributed by atoms with Crippen molar-refractivity contribution in [3.8, 4) is 22.3 Å². The van der Waals surface area contributed by atoms with Crippen molar-refractivity contribution >= 4 is 71.7 Å². The van der Waals surface area contributed by atoms with Gasteiger partial charge < -0.3 is 13.7 Å². The molecule has 3 heteroatoms. The average Bonchev–Trinajstić information content (AvgIpc) is 3.82. The van der Waals surface area contributed by atoms with Crippen LogP contribution < -0.4 is 4.90 Å². The Labute approximate surface area is 301 Å². The Morgan fingerprint density at radius 1 is 0.423 bits per heavy atom. The maximum absolute atomic E-state index is 6.83. The lowest BCUT2D eigenvalue weighted by atomic mass is 9.82. The van der Waals surface area contributed by atoms with E-state index in [9.17, 15) is 0 Å². The van der Waals surface area contributed by atoms with E-state index in [1.807, 2.05) is 12.1 Å². The molecule has 11 rings (SSSR count). The Hall–Kier alpha value is -6.58. The van der Waals surface area contributed by atoms with Crippen LogP contribution in [-0.4, -0.2) is 0 Å². The summed E-state index contributed by atoms with van der Waals surface area (Å²) in [5.41, 5.74) is 14.0. The monoisotopic (exact) mass is 667 g/mol. The fraction of sp³-hybridized carbons (Fsp3) is 0.0612. The summed E-state index contributed by atoms with van der Waals surface area (Å²) in [7, 11) is 0. The Morgan fingerprint density at radius 2 is 1.10 bits per heavy atom. The minimum atomic E-state index is -0.150. The highest BCUT2D eigenvalue weighted by molar-refractivity contribution is 6.17. The summed E-state index contributed by atoms with van der Waals surface area (Å²) < 4.78 is 13.3. The first-order valence-electron chi connectivity index (χ1n) is 17.9. The van der Waals surface area contributed by atoms with Crippen molar-refractivity contribution < 1.29 is 8.83 Å². The van der Waals surface area contributed by atoms with Gasteiger partial charge in [0.05, 0.1) is 5.69 Å². The van der Waals surface area contributed by atoms with Gasteiger partial charge in [0.15, 0.2) is 0 Å². The number of hydrogen-bond acceptors (Lipinski definition) is 3. The maximum Gasteiger partial charge on any atom is 0.143 e. The Kier molecular flexibility index (Phi) is 6.01. The van der Waals surface area contributed by atoms with Crippen LogP contribution in [-0.2, 0) is 5.41 Å². The van der Waals surface area contributed by atoms with Gasteiger partial charge >= 0.3 is 0 Å². The molecule has 1 aliphatic carbocycles. The Balaban J connectivity index is 1.22. The number of benzene rings is 8. The maximum atomic E-state index is 6.83. The third-order valence-electron chi connectivity index (χ3n) is 11.3. The zero-order valence-corrected chi connectivity index (χ0v) is 28.9. The second-order valence-corrected chi connectivity index (χ2v) is 14.5. The molecule has 52 heavy (non-hydrogen) atoms. The molecule has 0 spiro atoms. The van der Waals surface area contributed by atoms with Crippen molar-refractivity contribution in [2.45, 2.75) is 19.3 Å². The van der Waals surface area contributed by atoms with E-state index in [0.29, 0.717) is 0 Å². The first-order valence-corrected chi connectivity index (χ1v) is 17.9. The lowest BCUT2D eigenvalue weighted by Gasteiger charge is -2.30. The average molecular weight is 668 g/mol. The number of fused-ring (bicyclic) bond motifs is 11. The van der Waals surface area contributed by atoms with Crippen LogP contribution >= 0.6 is 0 Å². The summed E-state index contributed by atoms with van der Waals surface area (Å²) in [5, 5.41) is 6.72. The van der Waals surface area contributed by atoms with Gasteiger partial charge in [-0.25, -0.2) is 0 Å². The topological polar surface area (TPSA) is 29.5 Å². The van der Waals surface area contributed by atoms with Crippen LogP contribution in [0.25, 0.3) is 76.9 Å². The molecule has 8 aromatic carbocycles. The molecule has 0 radical (unpaired) electrons. The summed E-state index contributed by atoms with van der Waals surface area (Å²) in [6.07, 6.45) is 0. The zero-order chi connectivity index (χ0) is 34.6. The van der Waals surface area contributed by atoms with Crippen LogP contribution in [0.15, 0.2) is 173 Å². The lowest BCUT2D eigenvalue weighted by molar-refractivity contribution is 0.660. The fourth-order valence-electron chi connectivity index (χ4n) is 8.69. The van der Waals surface area contributed by atoms with Gasteiger partial charge in [-0.05, 0) is 75.7 Å². The van der Waals surface area contributed by atoms with Crippen LogP contribution in [0.3, 0.4) is 0 Å². The Morgan fingerprint density at radius 3 is 2.00 bits per heavy atom. The van der Waals surface area contributed by atoms with E-state index in [1.165, 1.54) is 27.6 Å². The van der Waals surface area contributed by atoms with Gasteiger partial charge in [0.25, 0.3) is 0 Å². The molecule has 0 saturated heterocycles. The first-order chi connectivity index (χ1) is 25.5. The predicted octanol–water partition coefficient (Wildman–Crippen LogP) is 14.1. The second-order valence-electron chi connectivity index (χ2n) is 14.5. The van der Waals surface area contributed by atoms with Gasteiger partial charge in [-0.3, -0.25) is 0 Å². The summed E-state index contributed by atoms with van der Waals surface area (Å²) in [6.45, 7) is 4.68. The summed E-state index contributed by atoms with van der Waals surface area (Å²) in [6, 6.07) is 58.8. The SMILES string of the molecule is CC1(C)c2ccccc2-c2ccc(N(c3ccc4c(c3)oc3ccccc34)c3cc4oc5c6ccccc6ccc5c4cc3-c3ccccc3)cc21. The van der Waals surface area contributed by atoms with Gasteiger partial charge in [0.1, 0.15) is 22.3 Å². The first kappa shape index (κ1) is 29.2. The number of para-hydroxylation sites is 1. The van der Waals surface area contributed by atoms with Gasteiger partial charge in [0.2, 0.25) is 0 Å². The van der Waals surface area contributed by atoms with Crippen LogP contribution in [0, 0.1) is 0 Å². The van der Waals surface area contributed by atoms with Crippen molar-refractivity contribution in [1.29, 1.82) is 0 Å². The van der Waals surface area contributed by atoms with Crippen LogP contribution in [0.2, 0.25) is 0 Å². The molecule has 0 fully saturated rings. The van der Waals surface area contributed by atoms with Crippen molar-refractivity contribution in [2.24, 2.45) is 0 Å². The molecule has 3 nitrogen and oxygen atoms in total. The van der Waals surface area contributed by atoms with E-state index in [4.69, 9.17) is 8.83 Å². The molecule has 0 aliphatic heterocycles. The van der Waals surface area contributed by atoms with Crippen molar-refractivity contribution in [2.75, 3.05) is 4.90 Å². The molecule has 0 atom stereocenters. The van der Waals surface area contributed by atoms with E-state index >= 15 is 0 Å². The molecule has 0 saturated carbocycles. The van der Waals surface area contributed by atoms with Crippen LogP contribution in [0.5, 0.6) is 0 Å². The van der Waals surface area contributed by atoms with E-state index in [2.05, 4.69) is 170 Å². The minimum absolute atomic E-state index is 0.150. The third kappa shape index (κ3) is 4.14. The summed E-state index contributed by atoms with van der Waals surface area (Å²) >= 11 is 0. The lowest BCUT2D eigenvalue weighted by Crippen LogP contribution is -2.17. The number of nitrogens with zero attached hydrogens (tertiary/aromatic N) is 1. The normalized spacial score (nSPS) is 13.3. The molecule has 246 valence electrons. The smallest absolute Gasteiger partial charge is 0.143 e. The molecule has 2 aromatic heterocycles. The Bertz CT molecular complexity index is 3050. The van der Waals surface area contributed by atoms with Gasteiger partial charge in [-0.1, -0.05) is 123 Å². The highest BCUT2D eigenvalue weighted by Crippen LogP contribution is 2.52. The molecule has 0 bridgehead atoms. The van der Waals surface area contributed by atoms with Crippen LogP contribution in [0.1, 0.15) is 25.0 Å². The zero-order valence-electron chi connectivity index (χ0n) is 28.9. The predicted molar refractivity (Wildman–Crippen MR) is 216 cm³/mol. The molecule has 10 aromatic rings. The van der Waals surface area contributed by atoms with Crippen molar-refractivity contribution in [3.63, 3.8) is 0 Å². The minimum Gasteiger partial charge on any atom is -0.456 e. The molecular formula is C49H33NO2. The van der Waals surface area contributed by atoms with E-state index < -0.39 is 0 Å². The third-order valence-corrected chi connectivity index (χ3v) is 11.3. The largest absolute Gasteiger partial charge is 0.456 e. The molecular weight excluding hydrogens is 635 g/mol. The molecule has 0 unspecified atom stereocenters. The van der Waals surface area contributed by atoms with Crippen molar-refractivity contribution in [1.82, 2.24) is 0 Å². The summed E-state index contributed by atoms with van der Waals surface area (Å²) in [5.74, 6) is 0. The highest BCUT2D eigenvalue weighted by Gasteiger charge is 2.36. The molecule has 2 heterocycles. The standard InChI is InChI=1S/C49H33NO2/c1-49(2)42-18-10-8-16-35(42)36-24-21-32(26-43(36)49)50(33-22-25-38-37-17-9-11-19-45(37)51-46(38)27-33)44-29-47-41(28-40(44)30-12-4-3-5-13-30)39-23-20-31-14-6-7-15-34(31)48(39)52-47/h3-29H,1-2H3. The van der Waals surface area contributed by atoms with Crippen molar-refractivity contribution in [3.05, 3.63) is 175 Å². The summed E-state index contributed by atoms with van der Waals surface area (Å²) in [4.78, 5) is 2.39.